The normalized spacial score (nSPS) is 17.1. The minimum Gasteiger partial charge on any atom is -0.337 e. The smallest absolute Gasteiger partial charge is 0.275 e. The lowest BCUT2D eigenvalue weighted by molar-refractivity contribution is 0.0721. The SMILES string of the molecule is Cn1nc(C(=O)N2CCC(Cl)CC2)c2ccccc21. The number of amides is 1. The number of nitrogens with zero attached hydrogens (tertiary/aromatic N) is 3. The zero-order valence-corrected chi connectivity index (χ0v) is 11.6. The molecule has 1 aliphatic heterocycles. The molecule has 0 bridgehead atoms. The summed E-state index contributed by atoms with van der Waals surface area (Å²) in [7, 11) is 1.87. The lowest BCUT2D eigenvalue weighted by atomic mass is 10.1. The molecule has 1 saturated heterocycles. The fourth-order valence-corrected chi connectivity index (χ4v) is 2.77. The van der Waals surface area contributed by atoms with Crippen molar-refractivity contribution in [3.05, 3.63) is 30.0 Å². The third kappa shape index (κ3) is 2.21. The van der Waals surface area contributed by atoms with Crippen LogP contribution < -0.4 is 0 Å². The van der Waals surface area contributed by atoms with Crippen LogP contribution in [0.5, 0.6) is 0 Å². The molecule has 0 aliphatic carbocycles. The number of benzene rings is 1. The Morgan fingerprint density at radius 3 is 2.74 bits per heavy atom. The van der Waals surface area contributed by atoms with Crippen LogP contribution in [0.3, 0.4) is 0 Å². The van der Waals surface area contributed by atoms with Gasteiger partial charge in [0.1, 0.15) is 0 Å². The van der Waals surface area contributed by atoms with Crippen LogP contribution in [0.4, 0.5) is 0 Å². The second-order valence-electron chi connectivity index (χ2n) is 4.96. The molecule has 3 rings (SSSR count). The third-order valence-electron chi connectivity index (χ3n) is 3.67. The zero-order valence-electron chi connectivity index (χ0n) is 10.8. The Labute approximate surface area is 116 Å². The number of alkyl halides is 1. The third-order valence-corrected chi connectivity index (χ3v) is 4.11. The van der Waals surface area contributed by atoms with Crippen molar-refractivity contribution in [3.8, 4) is 0 Å². The van der Waals surface area contributed by atoms with Crippen molar-refractivity contribution < 1.29 is 4.79 Å². The molecule has 1 aromatic heterocycles. The number of hydrogen-bond acceptors (Lipinski definition) is 2. The molecular weight excluding hydrogens is 262 g/mol. The summed E-state index contributed by atoms with van der Waals surface area (Å²) in [4.78, 5) is 14.4. The maximum atomic E-state index is 12.5. The van der Waals surface area contributed by atoms with Crippen LogP contribution in [0, 0.1) is 0 Å². The lowest BCUT2D eigenvalue weighted by Gasteiger charge is -2.28. The van der Waals surface area contributed by atoms with Crippen molar-refractivity contribution in [1.82, 2.24) is 14.7 Å². The van der Waals surface area contributed by atoms with Crippen molar-refractivity contribution in [2.45, 2.75) is 18.2 Å². The number of carbonyl (C=O) groups is 1. The maximum Gasteiger partial charge on any atom is 0.275 e. The maximum absolute atomic E-state index is 12.5. The molecule has 2 heterocycles. The average molecular weight is 278 g/mol. The number of rotatable bonds is 1. The van der Waals surface area contributed by atoms with Gasteiger partial charge in [0.2, 0.25) is 0 Å². The first-order chi connectivity index (χ1) is 9.16. The largest absolute Gasteiger partial charge is 0.337 e. The average Bonchev–Trinajstić information content (AvgIpc) is 2.77. The van der Waals surface area contributed by atoms with Crippen molar-refractivity contribution >= 4 is 28.4 Å². The number of fused-ring (bicyclic) bond motifs is 1. The Morgan fingerprint density at radius 2 is 2.00 bits per heavy atom. The van der Waals surface area contributed by atoms with Crippen molar-refractivity contribution in [2.24, 2.45) is 7.05 Å². The van der Waals surface area contributed by atoms with Crippen LogP contribution in [0.1, 0.15) is 23.3 Å². The summed E-state index contributed by atoms with van der Waals surface area (Å²) in [5.74, 6) is 0.0142. The number of likely N-dealkylation sites (tertiary alicyclic amines) is 1. The van der Waals surface area contributed by atoms with Crippen LogP contribution >= 0.6 is 11.6 Å². The Bertz CT molecular complexity index is 614. The van der Waals surface area contributed by atoms with E-state index in [1.165, 1.54) is 0 Å². The van der Waals surface area contributed by atoms with Gasteiger partial charge in [0.05, 0.1) is 5.52 Å². The molecule has 100 valence electrons. The summed E-state index contributed by atoms with van der Waals surface area (Å²) >= 11 is 6.07. The number of hydrogen-bond donors (Lipinski definition) is 0. The standard InChI is InChI=1S/C14H16ClN3O/c1-17-12-5-3-2-4-11(12)13(16-17)14(19)18-8-6-10(15)7-9-18/h2-5,10H,6-9H2,1H3. The Kier molecular flexibility index (Phi) is 3.19. The minimum atomic E-state index is 0.0142. The van der Waals surface area contributed by atoms with Gasteiger partial charge in [-0.15, -0.1) is 11.6 Å². The first-order valence-electron chi connectivity index (χ1n) is 6.52. The molecular formula is C14H16ClN3O. The van der Waals surface area contributed by atoms with Gasteiger partial charge in [-0.2, -0.15) is 5.10 Å². The number of halogens is 1. The topological polar surface area (TPSA) is 38.1 Å². The van der Waals surface area contributed by atoms with Gasteiger partial charge in [-0.3, -0.25) is 9.48 Å². The van der Waals surface area contributed by atoms with Gasteiger partial charge >= 0.3 is 0 Å². The molecule has 0 atom stereocenters. The Hall–Kier alpha value is -1.55. The first kappa shape index (κ1) is 12.5. The van der Waals surface area contributed by atoms with Gasteiger partial charge in [-0.25, -0.2) is 0 Å². The van der Waals surface area contributed by atoms with Crippen LogP contribution in [0.25, 0.3) is 10.9 Å². The highest BCUT2D eigenvalue weighted by Crippen LogP contribution is 2.22. The molecule has 5 heteroatoms. The van der Waals surface area contributed by atoms with Crippen LogP contribution in [0.15, 0.2) is 24.3 Å². The predicted molar refractivity (Wildman–Crippen MR) is 75.5 cm³/mol. The van der Waals surface area contributed by atoms with Crippen LogP contribution in [0.2, 0.25) is 0 Å². The number of aromatic nitrogens is 2. The highest BCUT2D eigenvalue weighted by atomic mass is 35.5. The van der Waals surface area contributed by atoms with Crippen molar-refractivity contribution in [2.75, 3.05) is 13.1 Å². The van der Waals surface area contributed by atoms with E-state index in [0.29, 0.717) is 5.69 Å². The minimum absolute atomic E-state index is 0.0142. The van der Waals surface area contributed by atoms with E-state index in [1.54, 1.807) is 4.68 Å². The van der Waals surface area contributed by atoms with E-state index in [2.05, 4.69) is 5.10 Å². The van der Waals surface area contributed by atoms with E-state index in [1.807, 2.05) is 36.2 Å². The second kappa shape index (κ2) is 4.85. The molecule has 1 fully saturated rings. The van der Waals surface area contributed by atoms with Crippen molar-refractivity contribution in [1.29, 1.82) is 0 Å². The molecule has 1 amide bonds. The molecule has 0 unspecified atom stereocenters. The van der Waals surface area contributed by atoms with Gasteiger partial charge < -0.3 is 4.90 Å². The summed E-state index contributed by atoms with van der Waals surface area (Å²) in [5.41, 5.74) is 1.53. The summed E-state index contributed by atoms with van der Waals surface area (Å²) in [6.07, 6.45) is 1.72. The fourth-order valence-electron chi connectivity index (χ4n) is 2.57. The highest BCUT2D eigenvalue weighted by molar-refractivity contribution is 6.20. The molecule has 0 N–H and O–H groups in total. The van der Waals surface area contributed by atoms with Gasteiger partial charge in [0, 0.05) is 30.9 Å². The molecule has 1 aromatic carbocycles. The predicted octanol–water partition coefficient (Wildman–Crippen LogP) is 2.42. The molecule has 1 aliphatic rings. The molecule has 2 aromatic rings. The van der Waals surface area contributed by atoms with Gasteiger partial charge in [0.25, 0.3) is 5.91 Å². The fraction of sp³-hybridized carbons (Fsp3) is 0.429. The molecule has 0 saturated carbocycles. The van der Waals surface area contributed by atoms with E-state index < -0.39 is 0 Å². The first-order valence-corrected chi connectivity index (χ1v) is 6.95. The number of para-hydroxylation sites is 1. The lowest BCUT2D eigenvalue weighted by Crippen LogP contribution is -2.39. The van der Waals surface area contributed by atoms with Gasteiger partial charge in [0.15, 0.2) is 5.69 Å². The molecule has 0 radical (unpaired) electrons. The number of piperidine rings is 1. The summed E-state index contributed by atoms with van der Waals surface area (Å²) in [6.45, 7) is 1.44. The summed E-state index contributed by atoms with van der Waals surface area (Å²) in [6, 6.07) is 7.82. The highest BCUT2D eigenvalue weighted by Gasteiger charge is 2.25. The Balaban J connectivity index is 1.94. The van der Waals surface area contributed by atoms with Gasteiger partial charge in [-0.05, 0) is 18.9 Å². The van der Waals surface area contributed by atoms with E-state index in [4.69, 9.17) is 11.6 Å². The molecule has 4 nitrogen and oxygen atoms in total. The van der Waals surface area contributed by atoms with E-state index in [-0.39, 0.29) is 11.3 Å². The summed E-state index contributed by atoms with van der Waals surface area (Å²) < 4.78 is 1.76. The van der Waals surface area contributed by atoms with Crippen LogP contribution in [-0.2, 0) is 7.05 Å². The van der Waals surface area contributed by atoms with E-state index in [0.717, 1.165) is 36.8 Å². The quantitative estimate of drug-likeness (QED) is 0.751. The Morgan fingerprint density at radius 1 is 1.32 bits per heavy atom. The van der Waals surface area contributed by atoms with E-state index in [9.17, 15) is 4.79 Å². The number of aryl methyl sites for hydroxylation is 1. The molecule has 19 heavy (non-hydrogen) atoms. The monoisotopic (exact) mass is 277 g/mol. The van der Waals surface area contributed by atoms with E-state index >= 15 is 0 Å². The molecule has 0 spiro atoms. The van der Waals surface area contributed by atoms with Crippen molar-refractivity contribution in [3.63, 3.8) is 0 Å². The van der Waals surface area contributed by atoms with Gasteiger partial charge in [-0.1, -0.05) is 18.2 Å². The second-order valence-corrected chi connectivity index (χ2v) is 5.57. The number of carbonyl (C=O) groups excluding carboxylic acids is 1. The summed E-state index contributed by atoms with van der Waals surface area (Å²) in [5, 5.41) is 5.49. The zero-order chi connectivity index (χ0) is 13.4. The van der Waals surface area contributed by atoms with Crippen LogP contribution in [-0.4, -0.2) is 39.1 Å².